The fourth-order valence-electron chi connectivity index (χ4n) is 2.03. The summed E-state index contributed by atoms with van der Waals surface area (Å²) in [6, 6.07) is 11.9. The Morgan fingerprint density at radius 1 is 1.13 bits per heavy atom. The van der Waals surface area contributed by atoms with Crippen molar-refractivity contribution < 1.29 is 17.6 Å². The van der Waals surface area contributed by atoms with Gasteiger partial charge in [0.1, 0.15) is 5.82 Å². The van der Waals surface area contributed by atoms with E-state index in [1.165, 1.54) is 30.3 Å². The normalized spacial score (nSPS) is 11.5. The fourth-order valence-corrected chi connectivity index (χ4v) is 3.09. The minimum absolute atomic E-state index is 0.0819. The van der Waals surface area contributed by atoms with Crippen molar-refractivity contribution in [1.82, 2.24) is 0 Å². The maximum absolute atomic E-state index is 13.1. The highest BCUT2D eigenvalue weighted by molar-refractivity contribution is 7.92. The van der Waals surface area contributed by atoms with Gasteiger partial charge in [0.25, 0.3) is 0 Å². The first-order valence-corrected chi connectivity index (χ1v) is 8.72. The molecule has 1 N–H and O–H groups in total. The SMILES string of the molecule is CC(C)S(=O)(=O)c1ccc(CC(=O)Nc2cccc(F)c2)cc1. The number of carbonyl (C=O) groups is 1. The number of benzene rings is 2. The Kier molecular flexibility index (Phi) is 5.15. The van der Waals surface area contributed by atoms with Crippen LogP contribution in [0.1, 0.15) is 19.4 Å². The van der Waals surface area contributed by atoms with Crippen molar-refractivity contribution in [3.8, 4) is 0 Å². The van der Waals surface area contributed by atoms with E-state index in [4.69, 9.17) is 0 Å². The van der Waals surface area contributed by atoms with Crippen LogP contribution in [0.15, 0.2) is 53.4 Å². The van der Waals surface area contributed by atoms with Gasteiger partial charge in [-0.25, -0.2) is 12.8 Å². The van der Waals surface area contributed by atoms with Gasteiger partial charge in [0.15, 0.2) is 9.84 Å². The van der Waals surface area contributed by atoms with Crippen LogP contribution in [0.3, 0.4) is 0 Å². The van der Waals surface area contributed by atoms with Crippen molar-refractivity contribution in [2.24, 2.45) is 0 Å². The molecule has 0 aromatic heterocycles. The van der Waals surface area contributed by atoms with E-state index in [1.54, 1.807) is 32.0 Å². The molecule has 0 radical (unpaired) electrons. The molecule has 0 atom stereocenters. The smallest absolute Gasteiger partial charge is 0.228 e. The van der Waals surface area contributed by atoms with Crippen LogP contribution < -0.4 is 5.32 Å². The largest absolute Gasteiger partial charge is 0.326 e. The lowest BCUT2D eigenvalue weighted by Gasteiger charge is -2.09. The molecule has 0 aliphatic heterocycles. The molecule has 0 saturated carbocycles. The number of sulfone groups is 1. The van der Waals surface area contributed by atoms with E-state index in [1.807, 2.05) is 0 Å². The first-order valence-electron chi connectivity index (χ1n) is 7.17. The van der Waals surface area contributed by atoms with Crippen LogP contribution in [-0.2, 0) is 21.1 Å². The van der Waals surface area contributed by atoms with Crippen LogP contribution in [0.4, 0.5) is 10.1 Å². The van der Waals surface area contributed by atoms with Crippen LogP contribution in [0.2, 0.25) is 0 Å². The summed E-state index contributed by atoms with van der Waals surface area (Å²) in [6.07, 6.45) is 0.0819. The van der Waals surface area contributed by atoms with E-state index in [2.05, 4.69) is 5.32 Å². The van der Waals surface area contributed by atoms with Gasteiger partial charge in [-0.15, -0.1) is 0 Å². The van der Waals surface area contributed by atoms with Crippen LogP contribution in [0, 0.1) is 5.82 Å². The van der Waals surface area contributed by atoms with E-state index in [-0.39, 0.29) is 17.2 Å². The molecular formula is C17H18FNO3S. The second-order valence-corrected chi connectivity index (χ2v) is 7.98. The van der Waals surface area contributed by atoms with Crippen LogP contribution in [0.5, 0.6) is 0 Å². The predicted molar refractivity (Wildman–Crippen MR) is 87.5 cm³/mol. The van der Waals surface area contributed by atoms with Gasteiger partial charge in [-0.1, -0.05) is 18.2 Å². The first kappa shape index (κ1) is 17.1. The monoisotopic (exact) mass is 335 g/mol. The minimum Gasteiger partial charge on any atom is -0.326 e. The van der Waals surface area contributed by atoms with Gasteiger partial charge in [-0.3, -0.25) is 4.79 Å². The maximum atomic E-state index is 13.1. The quantitative estimate of drug-likeness (QED) is 0.913. The number of amides is 1. The molecular weight excluding hydrogens is 317 g/mol. The Balaban J connectivity index is 2.05. The predicted octanol–water partition coefficient (Wildman–Crippen LogP) is 3.19. The highest BCUT2D eigenvalue weighted by Crippen LogP contribution is 2.17. The lowest BCUT2D eigenvalue weighted by Crippen LogP contribution is -2.15. The summed E-state index contributed by atoms with van der Waals surface area (Å²) in [7, 11) is -3.32. The van der Waals surface area contributed by atoms with Crippen molar-refractivity contribution >= 4 is 21.4 Å². The molecule has 0 heterocycles. The Bertz CT molecular complexity index is 799. The molecule has 2 rings (SSSR count). The van der Waals surface area contributed by atoms with Gasteiger partial charge >= 0.3 is 0 Å². The average molecular weight is 335 g/mol. The number of hydrogen-bond donors (Lipinski definition) is 1. The van der Waals surface area contributed by atoms with Crippen molar-refractivity contribution in [2.45, 2.75) is 30.4 Å². The summed E-state index contributed by atoms with van der Waals surface area (Å²) < 4.78 is 37.1. The van der Waals surface area contributed by atoms with Gasteiger partial charge in [-0.2, -0.15) is 0 Å². The van der Waals surface area contributed by atoms with Gasteiger partial charge in [0.2, 0.25) is 5.91 Å². The molecule has 0 spiro atoms. The molecule has 2 aromatic rings. The third-order valence-corrected chi connectivity index (χ3v) is 5.52. The summed E-state index contributed by atoms with van der Waals surface area (Å²) in [6.45, 7) is 3.24. The van der Waals surface area contributed by atoms with Crippen LogP contribution in [-0.4, -0.2) is 19.6 Å². The number of nitrogens with one attached hydrogen (secondary N) is 1. The number of hydrogen-bond acceptors (Lipinski definition) is 3. The Morgan fingerprint density at radius 3 is 2.35 bits per heavy atom. The number of halogens is 1. The van der Waals surface area contributed by atoms with Crippen molar-refractivity contribution in [2.75, 3.05) is 5.32 Å². The third-order valence-electron chi connectivity index (χ3n) is 3.35. The zero-order chi connectivity index (χ0) is 17.0. The molecule has 0 fully saturated rings. The Hall–Kier alpha value is -2.21. The molecule has 122 valence electrons. The zero-order valence-electron chi connectivity index (χ0n) is 12.9. The van der Waals surface area contributed by atoms with Crippen LogP contribution in [0.25, 0.3) is 0 Å². The van der Waals surface area contributed by atoms with E-state index >= 15 is 0 Å². The standard InChI is InChI=1S/C17H18FNO3S/c1-12(2)23(21,22)16-8-6-13(7-9-16)10-17(20)19-15-5-3-4-14(18)11-15/h3-9,11-12H,10H2,1-2H3,(H,19,20). The van der Waals surface area contributed by atoms with Crippen molar-refractivity contribution in [3.05, 3.63) is 59.9 Å². The summed E-state index contributed by atoms with van der Waals surface area (Å²) in [5, 5.41) is 2.10. The fraction of sp³-hybridized carbons (Fsp3) is 0.235. The van der Waals surface area contributed by atoms with Gasteiger partial charge in [-0.05, 0) is 49.7 Å². The highest BCUT2D eigenvalue weighted by atomic mass is 32.2. The van der Waals surface area contributed by atoms with Crippen molar-refractivity contribution in [1.29, 1.82) is 0 Å². The summed E-state index contributed by atoms with van der Waals surface area (Å²) >= 11 is 0. The molecule has 0 aliphatic carbocycles. The van der Waals surface area contributed by atoms with Crippen LogP contribution >= 0.6 is 0 Å². The first-order chi connectivity index (χ1) is 10.8. The zero-order valence-corrected chi connectivity index (χ0v) is 13.7. The molecule has 23 heavy (non-hydrogen) atoms. The molecule has 0 aliphatic rings. The second kappa shape index (κ2) is 6.91. The molecule has 0 bridgehead atoms. The topological polar surface area (TPSA) is 63.2 Å². The average Bonchev–Trinajstić information content (AvgIpc) is 2.47. The van der Waals surface area contributed by atoms with E-state index in [0.29, 0.717) is 11.3 Å². The number of rotatable bonds is 5. The molecule has 6 heteroatoms. The second-order valence-electron chi connectivity index (χ2n) is 5.47. The number of carbonyl (C=O) groups excluding carboxylic acids is 1. The summed E-state index contributed by atoms with van der Waals surface area (Å²) in [5.41, 5.74) is 1.07. The summed E-state index contributed by atoms with van der Waals surface area (Å²) in [4.78, 5) is 12.2. The lowest BCUT2D eigenvalue weighted by atomic mass is 10.1. The molecule has 0 saturated heterocycles. The van der Waals surface area contributed by atoms with E-state index in [9.17, 15) is 17.6 Å². The van der Waals surface area contributed by atoms with Gasteiger partial charge < -0.3 is 5.32 Å². The van der Waals surface area contributed by atoms with Gasteiger partial charge in [0, 0.05) is 5.69 Å². The Morgan fingerprint density at radius 2 is 1.78 bits per heavy atom. The van der Waals surface area contributed by atoms with E-state index in [0.717, 1.165) is 0 Å². The third kappa shape index (κ3) is 4.39. The highest BCUT2D eigenvalue weighted by Gasteiger charge is 2.18. The molecule has 1 amide bonds. The molecule has 4 nitrogen and oxygen atoms in total. The van der Waals surface area contributed by atoms with Crippen molar-refractivity contribution in [3.63, 3.8) is 0 Å². The number of anilines is 1. The summed E-state index contributed by atoms with van der Waals surface area (Å²) in [5.74, 6) is -0.721. The van der Waals surface area contributed by atoms with E-state index < -0.39 is 20.9 Å². The van der Waals surface area contributed by atoms with Gasteiger partial charge in [0.05, 0.1) is 16.6 Å². The molecule has 2 aromatic carbocycles. The lowest BCUT2D eigenvalue weighted by molar-refractivity contribution is -0.115. The molecule has 0 unspecified atom stereocenters. The minimum atomic E-state index is -3.32. The Labute approximate surface area is 135 Å². The maximum Gasteiger partial charge on any atom is 0.228 e.